The number of aromatic amines is 1. The van der Waals surface area contributed by atoms with Crippen LogP contribution in [0.4, 0.5) is 28.4 Å². The van der Waals surface area contributed by atoms with Crippen molar-refractivity contribution in [2.45, 2.75) is 109 Å². The Morgan fingerprint density at radius 1 is 0.735 bits per heavy atom. The number of aromatic nitrogens is 4. The first-order valence-corrected chi connectivity index (χ1v) is 23.2. The molecule has 5 heterocycles. The van der Waals surface area contributed by atoms with E-state index in [0.29, 0.717) is 49.0 Å². The highest BCUT2D eigenvalue weighted by atomic mass is 19.4. The highest BCUT2D eigenvalue weighted by Gasteiger charge is 2.41. The van der Waals surface area contributed by atoms with E-state index in [4.69, 9.17) is 9.72 Å². The molecule has 3 aliphatic heterocycles. The van der Waals surface area contributed by atoms with E-state index in [1.807, 2.05) is 79.3 Å². The van der Waals surface area contributed by atoms with Crippen LogP contribution in [0.15, 0.2) is 91.4 Å². The Balaban J connectivity index is 1.03. The minimum atomic E-state index is -4.48. The Hall–Kier alpha value is -6.85. The number of alkyl halides is 3. The third-order valence-electron chi connectivity index (χ3n) is 13.6. The number of carbonyl (C=O) groups is 4. The Morgan fingerprint density at radius 2 is 1.28 bits per heavy atom. The molecule has 360 valence electrons. The van der Waals surface area contributed by atoms with Crippen LogP contribution in [0.1, 0.15) is 119 Å². The molecule has 68 heavy (non-hydrogen) atoms. The molecule has 0 radical (unpaired) electrons. The molecule has 0 unspecified atom stereocenters. The Kier molecular flexibility index (Phi) is 13.9. The monoisotopic (exact) mass is 937 g/mol. The fraction of sp³-hybridized carbons (Fsp3) is 0.440. The lowest BCUT2D eigenvalue weighted by atomic mass is 10.0. The predicted octanol–water partition coefficient (Wildman–Crippen LogP) is 9.36. The fourth-order valence-electron chi connectivity index (χ4n) is 10.1. The summed E-state index contributed by atoms with van der Waals surface area (Å²) in [6.45, 7) is 8.37. The molecule has 0 bridgehead atoms. The number of nitrogens with one attached hydrogen (secondary N) is 3. The van der Waals surface area contributed by atoms with Crippen LogP contribution in [-0.4, -0.2) is 90.7 Å². The topological polar surface area (TPSA) is 178 Å². The average Bonchev–Trinajstić information content (AvgIpc) is 4.18. The largest absolute Gasteiger partial charge is 0.465 e. The summed E-state index contributed by atoms with van der Waals surface area (Å²) >= 11 is 0. The van der Waals surface area contributed by atoms with E-state index in [9.17, 15) is 37.5 Å². The van der Waals surface area contributed by atoms with E-state index in [-0.39, 0.29) is 47.8 Å². The van der Waals surface area contributed by atoms with Crippen LogP contribution in [0.3, 0.4) is 0 Å². The Morgan fingerprint density at radius 3 is 1.84 bits per heavy atom. The molecule has 15 nitrogen and oxygen atoms in total. The van der Waals surface area contributed by atoms with Gasteiger partial charge < -0.3 is 44.7 Å². The van der Waals surface area contributed by atoms with Crippen molar-refractivity contribution in [2.75, 3.05) is 25.1 Å². The number of halogens is 3. The van der Waals surface area contributed by atoms with E-state index in [2.05, 4.69) is 25.5 Å². The average molecular weight is 938 g/mol. The van der Waals surface area contributed by atoms with Crippen molar-refractivity contribution in [3.05, 3.63) is 120 Å². The molecule has 3 aromatic carbocycles. The van der Waals surface area contributed by atoms with Gasteiger partial charge in [0.2, 0.25) is 11.8 Å². The lowest BCUT2D eigenvalue weighted by Crippen LogP contribution is -2.51. The quantitative estimate of drug-likeness (QED) is 0.0896. The van der Waals surface area contributed by atoms with Crippen molar-refractivity contribution < 1.29 is 42.2 Å². The zero-order valence-corrected chi connectivity index (χ0v) is 38.7. The highest BCUT2D eigenvalue weighted by Crippen LogP contribution is 2.48. The van der Waals surface area contributed by atoms with Crippen LogP contribution in [0.5, 0.6) is 0 Å². The van der Waals surface area contributed by atoms with Crippen molar-refractivity contribution in [1.82, 2.24) is 40.0 Å². The van der Waals surface area contributed by atoms with Crippen LogP contribution >= 0.6 is 0 Å². The van der Waals surface area contributed by atoms with Crippen molar-refractivity contribution in [2.24, 2.45) is 11.8 Å². The number of carboxylic acid groups (broad SMARTS) is 1. The minimum absolute atomic E-state index is 0.160. The number of hydrogen-bond donors (Lipinski definition) is 4. The van der Waals surface area contributed by atoms with Gasteiger partial charge in [-0.05, 0) is 97.9 Å². The van der Waals surface area contributed by atoms with E-state index in [1.54, 1.807) is 29.8 Å². The number of nitrogens with zero attached hydrogens (tertiary/aromatic N) is 6. The number of rotatable bonds is 13. The van der Waals surface area contributed by atoms with Gasteiger partial charge in [0.15, 0.2) is 0 Å². The first-order chi connectivity index (χ1) is 32.5. The molecule has 2 aromatic heterocycles. The smallest absolute Gasteiger partial charge is 0.416 e. The van der Waals surface area contributed by atoms with Gasteiger partial charge in [-0.3, -0.25) is 9.59 Å². The second-order valence-corrected chi connectivity index (χ2v) is 18.5. The van der Waals surface area contributed by atoms with Crippen molar-refractivity contribution in [1.29, 1.82) is 0 Å². The van der Waals surface area contributed by atoms with Gasteiger partial charge in [0.25, 0.3) is 0 Å². The van der Waals surface area contributed by atoms with Crippen molar-refractivity contribution in [3.63, 3.8) is 0 Å². The number of amides is 4. The Bertz CT molecular complexity index is 2580. The number of ether oxygens (including phenoxy) is 1. The molecular weight excluding hydrogens is 880 g/mol. The molecule has 5 aromatic rings. The maximum Gasteiger partial charge on any atom is 0.416 e. The summed E-state index contributed by atoms with van der Waals surface area (Å²) in [6.07, 6.45) is 3.34. The van der Waals surface area contributed by atoms with Crippen molar-refractivity contribution in [3.8, 4) is 16.9 Å². The number of carbonyl (C=O) groups excluding carboxylic acids is 3. The third-order valence-corrected chi connectivity index (χ3v) is 13.6. The van der Waals surface area contributed by atoms with Gasteiger partial charge in [0.05, 0.1) is 42.5 Å². The van der Waals surface area contributed by atoms with E-state index < -0.39 is 36.0 Å². The number of hydrogen-bond acceptors (Lipinski definition) is 8. The summed E-state index contributed by atoms with van der Waals surface area (Å²) in [7, 11) is 1.26. The normalized spacial score (nSPS) is 20.5. The molecule has 6 atom stereocenters. The SMILES string of the molecule is COC(=O)N[C@H](C(=O)N1CCC[C@H]1c1nc(-c2ccc([C@@H]3CC[C@@H](c4ccc(-n5ccnc5[C@@H]5CCCN5C(=O)[C@@H](NC(=O)O)C(C)C)cc4)N3c3ccc(C(F)(F)F)cc3)cc2)c[nH]1)C(C)C. The van der Waals surface area contributed by atoms with Crippen molar-refractivity contribution >= 4 is 29.7 Å². The van der Waals surface area contributed by atoms with Gasteiger partial charge >= 0.3 is 18.4 Å². The molecule has 0 saturated carbocycles. The molecule has 3 aliphatic rings. The van der Waals surface area contributed by atoms with Crippen LogP contribution < -0.4 is 15.5 Å². The van der Waals surface area contributed by atoms with E-state index in [0.717, 1.165) is 60.2 Å². The Labute approximate surface area is 393 Å². The summed E-state index contributed by atoms with van der Waals surface area (Å²) in [5.74, 6) is 0.432. The second kappa shape index (κ2) is 19.8. The predicted molar refractivity (Wildman–Crippen MR) is 248 cm³/mol. The minimum Gasteiger partial charge on any atom is -0.465 e. The first-order valence-electron chi connectivity index (χ1n) is 23.2. The maximum atomic E-state index is 13.8. The van der Waals surface area contributed by atoms with Gasteiger partial charge in [-0.2, -0.15) is 13.2 Å². The number of imidazole rings is 2. The summed E-state index contributed by atoms with van der Waals surface area (Å²) in [6, 6.07) is 18.8. The summed E-state index contributed by atoms with van der Waals surface area (Å²) in [5.41, 5.74) is 4.28. The molecule has 18 heteroatoms. The van der Waals surface area contributed by atoms with Crippen LogP contribution in [-0.2, 0) is 20.5 Å². The van der Waals surface area contributed by atoms with Crippen LogP contribution in [0.2, 0.25) is 0 Å². The summed E-state index contributed by atoms with van der Waals surface area (Å²) < 4.78 is 48.0. The zero-order valence-electron chi connectivity index (χ0n) is 38.7. The van der Waals surface area contributed by atoms with Gasteiger partial charge in [-0.25, -0.2) is 19.6 Å². The molecular formula is C50H58F3N9O6. The first kappa shape index (κ1) is 47.6. The van der Waals surface area contributed by atoms with E-state index >= 15 is 0 Å². The molecule has 0 aliphatic carbocycles. The number of methoxy groups -OCH3 is 1. The van der Waals surface area contributed by atoms with Crippen LogP contribution in [0.25, 0.3) is 16.9 Å². The molecule has 8 rings (SSSR count). The maximum absolute atomic E-state index is 13.8. The van der Waals surface area contributed by atoms with Gasteiger partial charge in [-0.15, -0.1) is 0 Å². The number of alkyl carbamates (subject to hydrolysis) is 1. The van der Waals surface area contributed by atoms with Gasteiger partial charge in [0.1, 0.15) is 23.7 Å². The lowest BCUT2D eigenvalue weighted by Gasteiger charge is -2.33. The molecule has 0 spiro atoms. The van der Waals surface area contributed by atoms with Gasteiger partial charge in [-0.1, -0.05) is 64.1 Å². The zero-order chi connectivity index (χ0) is 48.4. The molecule has 4 N–H and O–H groups in total. The highest BCUT2D eigenvalue weighted by molar-refractivity contribution is 5.87. The fourth-order valence-corrected chi connectivity index (χ4v) is 10.1. The third kappa shape index (κ3) is 9.76. The number of benzene rings is 3. The molecule has 3 saturated heterocycles. The number of anilines is 1. The van der Waals surface area contributed by atoms with Crippen LogP contribution in [0, 0.1) is 11.8 Å². The standard InChI is InChI=1S/C50H58F3N9O6/c1-29(2)42(57-48(65)66)46(63)61-26-7-9-41(61)45-54-24-27-59(45)35-18-14-33(15-19-35)39-23-22-38(62(39)36-20-16-34(17-21-36)50(51,52)53)32-12-10-31(11-13-32)37-28-55-44(56-37)40-8-6-25-60(40)47(64)43(30(3)4)58-49(67)68-5/h10-21,24,27-30,38-43,57H,6-9,22-23,25-26H2,1-5H3,(H,55,56)(H,58,67)(H,65,66)/t38-,39-,40-,41-,42-,43-/m0/s1. The van der Waals surface area contributed by atoms with Gasteiger partial charge in [0, 0.05) is 48.6 Å². The molecule has 4 amide bonds. The number of H-pyrrole nitrogens is 1. The number of likely N-dealkylation sites (tertiary alicyclic amines) is 2. The second-order valence-electron chi connectivity index (χ2n) is 18.5. The molecule has 3 fully saturated rings. The lowest BCUT2D eigenvalue weighted by molar-refractivity contribution is -0.138. The summed E-state index contributed by atoms with van der Waals surface area (Å²) in [5, 5.41) is 14.5. The summed E-state index contributed by atoms with van der Waals surface area (Å²) in [4.78, 5) is 69.6. The van der Waals surface area contributed by atoms with E-state index in [1.165, 1.54) is 19.2 Å².